The van der Waals surface area contributed by atoms with Gasteiger partial charge in [-0.3, -0.25) is 0 Å². The van der Waals surface area contributed by atoms with E-state index in [0.717, 1.165) is 139 Å². The summed E-state index contributed by atoms with van der Waals surface area (Å²) in [6.07, 6.45) is 16.6. The van der Waals surface area contributed by atoms with Crippen LogP contribution in [0.25, 0.3) is 137 Å². The lowest BCUT2D eigenvalue weighted by molar-refractivity contribution is 1.28. The fourth-order valence-corrected chi connectivity index (χ4v) is 10.3. The minimum atomic E-state index is 0.872. The Kier molecular flexibility index (Phi) is 11.2. The van der Waals surface area contributed by atoms with Gasteiger partial charge in [-0.2, -0.15) is 0 Å². The second-order valence-electron chi connectivity index (χ2n) is 18.0. The average molecular weight is 1000 g/mol. The van der Waals surface area contributed by atoms with Crippen molar-refractivity contribution >= 4 is 109 Å². The molecule has 0 spiro atoms. The predicted molar refractivity (Wildman–Crippen MR) is 307 cm³/mol. The van der Waals surface area contributed by atoms with Crippen LogP contribution in [0.2, 0.25) is 0 Å². The van der Waals surface area contributed by atoms with Crippen molar-refractivity contribution in [2.24, 2.45) is 0 Å². The first-order valence-corrected chi connectivity index (χ1v) is 24.9. The normalized spacial score (nSPS) is 12.2. The number of hydrogen-bond acceptors (Lipinski definition) is 4. The fraction of sp³-hybridized carbons (Fsp3) is 0. The van der Waals surface area contributed by atoms with Crippen LogP contribution in [0.1, 0.15) is 45.6 Å². The predicted octanol–water partition coefficient (Wildman–Crippen LogP) is 16.7. The van der Waals surface area contributed by atoms with Gasteiger partial charge in [-0.25, -0.2) is 19.9 Å². The Balaban J connectivity index is 0.000000141. The van der Waals surface area contributed by atoms with Crippen LogP contribution in [0.4, 0.5) is 0 Å². The Morgan fingerprint density at radius 2 is 0.575 bits per heavy atom. The van der Waals surface area contributed by atoms with Crippen LogP contribution in [0.5, 0.6) is 0 Å². The highest BCUT2D eigenvalue weighted by Gasteiger charge is 2.17. The summed E-state index contributed by atoms with van der Waals surface area (Å²) in [5, 5.41) is 0. The van der Waals surface area contributed by atoms with Crippen molar-refractivity contribution in [3.8, 4) is 44.5 Å². The van der Waals surface area contributed by atoms with Crippen LogP contribution in [-0.4, -0.2) is 39.9 Å². The third-order valence-corrected chi connectivity index (χ3v) is 14.0. The summed E-state index contributed by atoms with van der Waals surface area (Å²) >= 11 is 3.83. The zero-order valence-electron chi connectivity index (χ0n) is 39.2. The van der Waals surface area contributed by atoms with Crippen molar-refractivity contribution in [1.82, 2.24) is 39.9 Å². The molecule has 0 saturated carbocycles. The molecule has 0 atom stereocenters. The average Bonchev–Trinajstić information content (AvgIpc) is 4.28. The number of fused-ring (bicyclic) bond motifs is 16. The number of nitrogens with zero attached hydrogens (tertiary/aromatic N) is 4. The number of rotatable bonds is 4. The van der Waals surface area contributed by atoms with E-state index in [4.69, 9.17) is 19.9 Å². The summed E-state index contributed by atoms with van der Waals surface area (Å²) in [6, 6.07) is 64.7. The molecule has 4 aliphatic heterocycles. The van der Waals surface area contributed by atoms with Gasteiger partial charge in [0, 0.05) is 60.9 Å². The van der Waals surface area contributed by atoms with Crippen LogP contribution in [0.3, 0.4) is 0 Å². The van der Waals surface area contributed by atoms with E-state index in [9.17, 15) is 0 Å². The summed E-state index contributed by atoms with van der Waals surface area (Å²) in [4.78, 5) is 34.4. The molecule has 0 amide bonds. The van der Waals surface area contributed by atoms with E-state index in [1.54, 1.807) is 0 Å². The first-order chi connectivity index (χ1) is 36.0. The van der Waals surface area contributed by atoms with E-state index in [0.29, 0.717) is 0 Å². The molecule has 0 saturated heterocycles. The van der Waals surface area contributed by atoms with Gasteiger partial charge in [0.2, 0.25) is 0 Å². The SMILES string of the molecule is Brc1c2nc(c(-c3ccccc3)c3ccc(cc4nc(c(-c5ccccc5)c5ccc1[nH]5)C=C4)[nH]3)C=C2.C1=Cc2nc1cc1nc(c(-c3ccccc3)c3ccc(cc4ccc([nH]4)c2-c2ccccc2)[nH]3)C=C1. The van der Waals surface area contributed by atoms with Crippen molar-refractivity contribution in [3.63, 3.8) is 0 Å². The summed E-state index contributed by atoms with van der Waals surface area (Å²) < 4.78 is 0.911. The summed E-state index contributed by atoms with van der Waals surface area (Å²) in [7, 11) is 0. The van der Waals surface area contributed by atoms with E-state index in [1.165, 1.54) is 0 Å². The maximum Gasteiger partial charge on any atom is 0.0801 e. The van der Waals surface area contributed by atoms with Crippen LogP contribution in [-0.2, 0) is 0 Å². The molecule has 0 radical (unpaired) electrons. The minimum absolute atomic E-state index is 0.872. The van der Waals surface area contributed by atoms with Gasteiger partial charge in [-0.15, -0.1) is 0 Å². The summed E-state index contributed by atoms with van der Waals surface area (Å²) in [5.41, 5.74) is 24.0. The van der Waals surface area contributed by atoms with Crippen molar-refractivity contribution in [2.75, 3.05) is 0 Å². The Labute approximate surface area is 428 Å². The second kappa shape index (κ2) is 18.7. The third-order valence-electron chi connectivity index (χ3n) is 13.2. The molecule has 16 bridgehead atoms. The molecule has 8 nitrogen and oxygen atoms in total. The molecule has 10 heterocycles. The lowest BCUT2D eigenvalue weighted by Crippen LogP contribution is -1.86. The minimum Gasteiger partial charge on any atom is -0.355 e. The van der Waals surface area contributed by atoms with Crippen LogP contribution in [0, 0.1) is 0 Å². The molecule has 346 valence electrons. The molecular formula is C64H43BrN8. The second-order valence-corrected chi connectivity index (χ2v) is 18.8. The zero-order valence-corrected chi connectivity index (χ0v) is 40.8. The molecule has 73 heavy (non-hydrogen) atoms. The number of aromatic nitrogens is 8. The number of H-pyrrole nitrogens is 4. The van der Waals surface area contributed by atoms with Crippen molar-refractivity contribution in [1.29, 1.82) is 0 Å². The summed E-state index contributed by atoms with van der Waals surface area (Å²) in [5.74, 6) is 0. The van der Waals surface area contributed by atoms with Gasteiger partial charge in [0.15, 0.2) is 0 Å². The molecule has 0 fully saturated rings. The van der Waals surface area contributed by atoms with E-state index in [2.05, 4.69) is 242 Å². The van der Waals surface area contributed by atoms with Gasteiger partial charge in [0.25, 0.3) is 0 Å². The Bertz CT molecular complexity index is 4080. The van der Waals surface area contributed by atoms with Gasteiger partial charge in [-0.05, 0) is 154 Å². The largest absolute Gasteiger partial charge is 0.355 e. The number of hydrogen-bond donors (Lipinski definition) is 4. The Morgan fingerprint density at radius 1 is 0.260 bits per heavy atom. The third kappa shape index (κ3) is 8.68. The molecular weight excluding hydrogens is 961 g/mol. The monoisotopic (exact) mass is 1000 g/mol. The van der Waals surface area contributed by atoms with Crippen LogP contribution >= 0.6 is 15.9 Å². The molecule has 0 aliphatic carbocycles. The van der Waals surface area contributed by atoms with Crippen LogP contribution in [0.15, 0.2) is 193 Å². The molecule has 9 heteroatoms. The van der Waals surface area contributed by atoms with Gasteiger partial charge >= 0.3 is 0 Å². The highest BCUT2D eigenvalue weighted by atomic mass is 79.9. The van der Waals surface area contributed by atoms with E-state index in [-0.39, 0.29) is 0 Å². The molecule has 0 unspecified atom stereocenters. The van der Waals surface area contributed by atoms with Gasteiger partial charge < -0.3 is 19.9 Å². The quantitative estimate of drug-likeness (QED) is 0.141. The first-order valence-electron chi connectivity index (χ1n) is 24.1. The summed E-state index contributed by atoms with van der Waals surface area (Å²) in [6.45, 7) is 0. The molecule has 4 N–H and O–H groups in total. The topological polar surface area (TPSA) is 115 Å². The number of aromatic amines is 4. The molecule has 10 aromatic rings. The van der Waals surface area contributed by atoms with Crippen molar-refractivity contribution in [2.45, 2.75) is 0 Å². The maximum atomic E-state index is 5.04. The van der Waals surface area contributed by atoms with Gasteiger partial charge in [-0.1, -0.05) is 121 Å². The number of nitrogens with one attached hydrogen (secondary N) is 4. The number of benzene rings is 4. The first kappa shape index (κ1) is 43.6. The highest BCUT2D eigenvalue weighted by molar-refractivity contribution is 9.10. The lowest BCUT2D eigenvalue weighted by Gasteiger charge is -2.04. The molecule has 14 rings (SSSR count). The van der Waals surface area contributed by atoms with E-state index >= 15 is 0 Å². The Morgan fingerprint density at radius 3 is 1.00 bits per heavy atom. The van der Waals surface area contributed by atoms with Crippen molar-refractivity contribution < 1.29 is 0 Å². The van der Waals surface area contributed by atoms with E-state index < -0.39 is 0 Å². The van der Waals surface area contributed by atoms with E-state index in [1.807, 2.05) is 30.3 Å². The molecule has 6 aromatic heterocycles. The van der Waals surface area contributed by atoms with Gasteiger partial charge in [0.05, 0.1) is 55.5 Å². The highest BCUT2D eigenvalue weighted by Crippen LogP contribution is 2.36. The molecule has 4 aliphatic rings. The fourth-order valence-electron chi connectivity index (χ4n) is 9.81. The Hall–Kier alpha value is -9.44. The lowest BCUT2D eigenvalue weighted by atomic mass is 10.0. The standard InChI is InChI=1S/C32H21BrN4.C32H22N4/c33-32-28-17-15-26(36-28)30(20-7-3-1-4-8-20)24-13-11-22(34-24)19-23-12-14-25(35-23)31(21-9-5-2-6-10-21)27-16-18-29(32)37-27;1-3-7-21(8-4-1)31-27-15-11-23(33-27)19-25-13-17-29(35-25)32(22-9-5-2-6-10-22)30-18-14-26(36-30)20-24-12-16-28(31)34-24/h1-19,34,37H;1-20,33,35H. The van der Waals surface area contributed by atoms with Crippen LogP contribution < -0.4 is 0 Å². The maximum absolute atomic E-state index is 5.04. The number of halogens is 1. The molecule has 4 aromatic carbocycles. The zero-order chi connectivity index (χ0) is 48.7. The van der Waals surface area contributed by atoms with Crippen molar-refractivity contribution in [3.05, 3.63) is 238 Å². The smallest absolute Gasteiger partial charge is 0.0801 e. The van der Waals surface area contributed by atoms with Gasteiger partial charge in [0.1, 0.15) is 0 Å².